The summed E-state index contributed by atoms with van der Waals surface area (Å²) >= 11 is 5.97. The zero-order valence-corrected chi connectivity index (χ0v) is 27.7. The summed E-state index contributed by atoms with van der Waals surface area (Å²) in [5.74, 6) is -0.823. The Morgan fingerprint density at radius 3 is 2.48 bits per heavy atom. The van der Waals surface area contributed by atoms with Gasteiger partial charge >= 0.3 is 0 Å². The quantitative estimate of drug-likeness (QED) is 0.235. The predicted octanol–water partition coefficient (Wildman–Crippen LogP) is 3.52. The predicted molar refractivity (Wildman–Crippen MR) is 179 cm³/mol. The third-order valence-electron chi connectivity index (χ3n) is 8.77. The lowest BCUT2D eigenvalue weighted by Gasteiger charge is -2.42. The fourth-order valence-corrected chi connectivity index (χ4v) is 6.69. The Morgan fingerprint density at radius 2 is 1.76 bits per heavy atom. The second kappa shape index (κ2) is 15.0. The summed E-state index contributed by atoms with van der Waals surface area (Å²) < 4.78 is 0. The maximum absolute atomic E-state index is 13.8. The van der Waals surface area contributed by atoms with Gasteiger partial charge < -0.3 is 20.8 Å². The van der Waals surface area contributed by atoms with Gasteiger partial charge in [0.15, 0.2) is 0 Å². The summed E-state index contributed by atoms with van der Waals surface area (Å²) in [5.41, 5.74) is 3.56. The minimum absolute atomic E-state index is 0.0916. The first-order chi connectivity index (χ1) is 21.9. The molecule has 3 aromatic rings. The number of hydrogen-bond donors (Lipinski definition) is 4. The number of nitrogens with zero attached hydrogens (tertiary/aromatic N) is 3. The number of halogens is 1. The van der Waals surface area contributed by atoms with E-state index < -0.39 is 35.7 Å². The molecule has 1 fully saturated rings. The minimum atomic E-state index is -0.850. The zero-order valence-electron chi connectivity index (χ0n) is 26.9. The maximum Gasteiger partial charge on any atom is 0.239 e. The number of β-amino-alcohol motifs (C(OH)–C–C–N with tert-alkyl or cyclic N) is 1. The molecule has 0 saturated carbocycles. The summed E-state index contributed by atoms with van der Waals surface area (Å²) in [5, 5.41) is 28.9. The third-order valence-corrected chi connectivity index (χ3v) is 8.99. The van der Waals surface area contributed by atoms with Crippen molar-refractivity contribution in [1.82, 2.24) is 25.4 Å². The van der Waals surface area contributed by atoms with Gasteiger partial charge in [-0.3, -0.25) is 19.4 Å². The molecule has 4 N–H and O–H groups in total. The van der Waals surface area contributed by atoms with E-state index in [1.165, 1.54) is 0 Å². The fourth-order valence-electron chi connectivity index (χ4n) is 6.57. The van der Waals surface area contributed by atoms with Crippen molar-refractivity contribution < 1.29 is 19.8 Å². The van der Waals surface area contributed by atoms with Gasteiger partial charge in [0.1, 0.15) is 11.2 Å². The van der Waals surface area contributed by atoms with E-state index in [0.717, 1.165) is 22.3 Å². The molecule has 2 heterocycles. The molecule has 1 aromatic heterocycles. The van der Waals surface area contributed by atoms with E-state index >= 15 is 0 Å². The van der Waals surface area contributed by atoms with E-state index in [1.807, 2.05) is 86.3 Å². The van der Waals surface area contributed by atoms with E-state index in [2.05, 4.69) is 20.5 Å². The van der Waals surface area contributed by atoms with Crippen LogP contribution >= 0.6 is 11.6 Å². The van der Waals surface area contributed by atoms with Crippen molar-refractivity contribution in [3.8, 4) is 0 Å². The molecular formula is C36H46ClN5O4. The number of aromatic nitrogens is 1. The number of nitrogens with one attached hydrogen (secondary N) is 2. The van der Waals surface area contributed by atoms with Gasteiger partial charge in [-0.1, -0.05) is 72.3 Å². The number of amides is 2. The maximum atomic E-state index is 13.8. The number of fused-ring (bicyclic) bond motifs is 1. The topological polar surface area (TPSA) is 118 Å². The first kappa shape index (κ1) is 34.0. The summed E-state index contributed by atoms with van der Waals surface area (Å²) in [6.07, 6.45) is 1.36. The summed E-state index contributed by atoms with van der Waals surface area (Å²) in [6, 6.07) is 20.3. The average Bonchev–Trinajstić information content (AvgIpc) is 3.32. The molecule has 246 valence electrons. The van der Waals surface area contributed by atoms with Crippen molar-refractivity contribution in [2.75, 3.05) is 26.2 Å². The molecule has 10 heteroatoms. The normalized spacial score (nSPS) is 21.7. The highest BCUT2D eigenvalue weighted by Crippen LogP contribution is 2.32. The van der Waals surface area contributed by atoms with Crippen LogP contribution in [0.1, 0.15) is 55.5 Å². The van der Waals surface area contributed by atoms with Crippen LogP contribution in [0, 0.1) is 5.92 Å². The monoisotopic (exact) mass is 647 g/mol. The molecule has 1 aliphatic carbocycles. The largest absolute Gasteiger partial charge is 0.392 e. The van der Waals surface area contributed by atoms with Crippen LogP contribution in [0.4, 0.5) is 0 Å². The molecule has 5 rings (SSSR count). The molecule has 2 aliphatic rings. The first-order valence-electron chi connectivity index (χ1n) is 16.1. The van der Waals surface area contributed by atoms with E-state index in [4.69, 9.17) is 11.6 Å². The Morgan fingerprint density at radius 1 is 1.02 bits per heavy atom. The highest BCUT2D eigenvalue weighted by molar-refractivity contribution is 6.29. The lowest BCUT2D eigenvalue weighted by Crippen LogP contribution is -2.61. The van der Waals surface area contributed by atoms with Crippen LogP contribution in [0.25, 0.3) is 0 Å². The van der Waals surface area contributed by atoms with Gasteiger partial charge in [-0.25, -0.2) is 4.98 Å². The molecule has 2 aromatic carbocycles. The van der Waals surface area contributed by atoms with Crippen LogP contribution in [0.3, 0.4) is 0 Å². The van der Waals surface area contributed by atoms with E-state index in [-0.39, 0.29) is 24.8 Å². The third kappa shape index (κ3) is 9.14. The first-order valence-corrected chi connectivity index (χ1v) is 16.5. The Bertz CT molecular complexity index is 1470. The summed E-state index contributed by atoms with van der Waals surface area (Å²) in [7, 11) is 0. The van der Waals surface area contributed by atoms with Gasteiger partial charge in [0.05, 0.1) is 18.2 Å². The van der Waals surface area contributed by atoms with Crippen molar-refractivity contribution in [2.45, 2.75) is 76.4 Å². The number of carbonyl (C=O) groups excluding carboxylic acids is 2. The van der Waals surface area contributed by atoms with Gasteiger partial charge in [0.2, 0.25) is 11.8 Å². The van der Waals surface area contributed by atoms with Crippen LogP contribution in [-0.4, -0.2) is 86.8 Å². The fraction of sp³-hybridized carbons (Fsp3) is 0.472. The number of aliphatic hydroxyl groups is 2. The summed E-state index contributed by atoms with van der Waals surface area (Å²) in [6.45, 7) is 8.54. The average molecular weight is 648 g/mol. The smallest absolute Gasteiger partial charge is 0.239 e. The van der Waals surface area contributed by atoms with Gasteiger partial charge in [0.25, 0.3) is 0 Å². The van der Waals surface area contributed by atoms with Crippen molar-refractivity contribution in [1.29, 1.82) is 0 Å². The SMILES string of the molecule is CC(C)(C)NC(=O)[C@@H]1CN(Cc2ccc(Cl)nc2)CCN1C[C@@H](O)C[C@H](Cc1ccccc1)C(=O)N[C@H]1c2ccccc2C[C@H]1O. The molecule has 0 bridgehead atoms. The molecular weight excluding hydrogens is 602 g/mol. The van der Waals surface area contributed by atoms with Crippen LogP contribution < -0.4 is 10.6 Å². The number of benzene rings is 2. The molecule has 1 aliphatic heterocycles. The standard InChI is InChI=1S/C36H46ClN5O4/c1-36(2,3)40-35(46)30-23-41(21-25-13-14-32(37)38-20-25)15-16-42(30)22-28(43)18-27(17-24-9-5-4-6-10-24)34(45)39-33-29-12-8-7-11-26(29)19-31(33)44/h4-14,20,27-28,30-31,33,43-44H,15-19,21-23H2,1-3H3,(H,39,45)(H,40,46)/t27-,28-,30-,31+,33-/m0/s1. The van der Waals surface area contributed by atoms with Gasteiger partial charge in [0, 0.05) is 56.8 Å². The zero-order chi connectivity index (χ0) is 32.8. The molecule has 0 spiro atoms. The molecule has 5 atom stereocenters. The molecule has 1 saturated heterocycles. The number of pyridine rings is 1. The number of hydrogen-bond acceptors (Lipinski definition) is 7. The van der Waals surface area contributed by atoms with Crippen molar-refractivity contribution in [2.24, 2.45) is 5.92 Å². The molecule has 46 heavy (non-hydrogen) atoms. The van der Waals surface area contributed by atoms with Crippen molar-refractivity contribution in [3.05, 3.63) is 100 Å². The molecule has 0 radical (unpaired) electrons. The Balaban J connectivity index is 1.28. The van der Waals surface area contributed by atoms with Gasteiger partial charge in [-0.05, 0) is 61.9 Å². The molecule has 0 unspecified atom stereocenters. The molecule has 2 amide bonds. The van der Waals surface area contributed by atoms with E-state index in [1.54, 1.807) is 12.3 Å². The lowest BCUT2D eigenvalue weighted by atomic mass is 9.91. The number of aliphatic hydroxyl groups excluding tert-OH is 2. The second-order valence-corrected chi connectivity index (χ2v) is 14.1. The number of piperazine rings is 1. The molecule has 9 nitrogen and oxygen atoms in total. The van der Waals surface area contributed by atoms with Crippen LogP contribution in [-0.2, 0) is 29.0 Å². The van der Waals surface area contributed by atoms with Gasteiger partial charge in [-0.15, -0.1) is 0 Å². The van der Waals surface area contributed by atoms with Crippen LogP contribution in [0.15, 0.2) is 72.9 Å². The highest BCUT2D eigenvalue weighted by atomic mass is 35.5. The highest BCUT2D eigenvalue weighted by Gasteiger charge is 2.37. The lowest BCUT2D eigenvalue weighted by molar-refractivity contribution is -0.132. The Hall–Kier alpha value is -3.34. The number of rotatable bonds is 11. The Labute approximate surface area is 277 Å². The second-order valence-electron chi connectivity index (χ2n) is 13.7. The van der Waals surface area contributed by atoms with E-state index in [9.17, 15) is 19.8 Å². The van der Waals surface area contributed by atoms with Crippen LogP contribution in [0.2, 0.25) is 5.15 Å². The summed E-state index contributed by atoms with van der Waals surface area (Å²) in [4.78, 5) is 35.8. The van der Waals surface area contributed by atoms with Gasteiger partial charge in [-0.2, -0.15) is 0 Å². The van der Waals surface area contributed by atoms with Crippen molar-refractivity contribution in [3.63, 3.8) is 0 Å². The Kier molecular flexibility index (Phi) is 11.1. The van der Waals surface area contributed by atoms with Crippen LogP contribution in [0.5, 0.6) is 0 Å². The number of carbonyl (C=O) groups is 2. The van der Waals surface area contributed by atoms with E-state index in [0.29, 0.717) is 44.2 Å². The minimum Gasteiger partial charge on any atom is -0.392 e. The van der Waals surface area contributed by atoms with Crippen molar-refractivity contribution >= 4 is 23.4 Å².